The number of carbonyl (C=O) groups excluding carboxylic acids is 2. The van der Waals surface area contributed by atoms with Gasteiger partial charge >= 0.3 is 0 Å². The Morgan fingerprint density at radius 3 is 2.84 bits per heavy atom. The smallest absolute Gasteiger partial charge is 0.242 e. The van der Waals surface area contributed by atoms with Crippen molar-refractivity contribution in [2.45, 2.75) is 38.1 Å². The van der Waals surface area contributed by atoms with E-state index >= 15 is 0 Å². The molecule has 102 valence electrons. The van der Waals surface area contributed by atoms with Crippen LogP contribution in [-0.4, -0.2) is 24.4 Å². The highest BCUT2D eigenvalue weighted by molar-refractivity contribution is 5.88. The van der Waals surface area contributed by atoms with Gasteiger partial charge in [0.25, 0.3) is 0 Å². The second kappa shape index (κ2) is 6.36. The Hall–Kier alpha value is -1.84. The third kappa shape index (κ3) is 3.81. The van der Waals surface area contributed by atoms with E-state index < -0.39 is 0 Å². The standard InChI is InChI=1S/C15H20N2O2/c1-11(12-6-3-2-4-7-12)10-16-15(19)13-8-5-9-14(18)17-13/h2-4,6-7,11,13H,5,8-10H2,1H3,(H,16,19)(H,17,18). The summed E-state index contributed by atoms with van der Waals surface area (Å²) >= 11 is 0. The Balaban J connectivity index is 1.81. The second-order valence-corrected chi connectivity index (χ2v) is 5.07. The zero-order valence-corrected chi connectivity index (χ0v) is 11.2. The van der Waals surface area contributed by atoms with Gasteiger partial charge in [0.05, 0.1) is 0 Å². The molecule has 1 saturated heterocycles. The van der Waals surface area contributed by atoms with E-state index in [4.69, 9.17) is 0 Å². The van der Waals surface area contributed by atoms with Gasteiger partial charge < -0.3 is 10.6 Å². The van der Waals surface area contributed by atoms with Crippen molar-refractivity contribution in [1.29, 1.82) is 0 Å². The van der Waals surface area contributed by atoms with E-state index in [-0.39, 0.29) is 23.8 Å². The van der Waals surface area contributed by atoms with E-state index in [1.165, 1.54) is 5.56 Å². The molecule has 2 amide bonds. The lowest BCUT2D eigenvalue weighted by Crippen LogP contribution is -2.49. The van der Waals surface area contributed by atoms with Crippen molar-refractivity contribution in [2.24, 2.45) is 0 Å². The van der Waals surface area contributed by atoms with Crippen LogP contribution in [0.25, 0.3) is 0 Å². The summed E-state index contributed by atoms with van der Waals surface area (Å²) in [6, 6.07) is 9.72. The summed E-state index contributed by atoms with van der Waals surface area (Å²) in [5, 5.41) is 5.65. The second-order valence-electron chi connectivity index (χ2n) is 5.07. The van der Waals surface area contributed by atoms with Crippen LogP contribution in [0.4, 0.5) is 0 Å². The summed E-state index contributed by atoms with van der Waals surface area (Å²) in [6.07, 6.45) is 2.06. The highest BCUT2D eigenvalue weighted by Gasteiger charge is 2.24. The fourth-order valence-electron chi connectivity index (χ4n) is 2.28. The molecule has 1 aliphatic heterocycles. The SMILES string of the molecule is CC(CNC(=O)C1CCCC(=O)N1)c1ccccc1. The maximum Gasteiger partial charge on any atom is 0.242 e. The van der Waals surface area contributed by atoms with E-state index in [1.54, 1.807) is 0 Å². The lowest BCUT2D eigenvalue weighted by atomic mass is 10.0. The Morgan fingerprint density at radius 2 is 2.16 bits per heavy atom. The van der Waals surface area contributed by atoms with Gasteiger partial charge in [0.2, 0.25) is 11.8 Å². The number of amides is 2. The van der Waals surface area contributed by atoms with E-state index in [2.05, 4.69) is 29.7 Å². The Bertz CT molecular complexity index is 445. The molecule has 2 N–H and O–H groups in total. The first-order chi connectivity index (χ1) is 9.16. The highest BCUT2D eigenvalue weighted by atomic mass is 16.2. The minimum Gasteiger partial charge on any atom is -0.354 e. The van der Waals surface area contributed by atoms with Gasteiger partial charge in [-0.25, -0.2) is 0 Å². The molecule has 2 unspecified atom stereocenters. The van der Waals surface area contributed by atoms with Crippen LogP contribution in [0.3, 0.4) is 0 Å². The van der Waals surface area contributed by atoms with Gasteiger partial charge in [-0.2, -0.15) is 0 Å². The lowest BCUT2D eigenvalue weighted by Gasteiger charge is -2.23. The van der Waals surface area contributed by atoms with Gasteiger partial charge in [-0.1, -0.05) is 37.3 Å². The molecule has 4 nitrogen and oxygen atoms in total. The monoisotopic (exact) mass is 260 g/mol. The van der Waals surface area contributed by atoms with E-state index in [0.717, 1.165) is 12.8 Å². The van der Waals surface area contributed by atoms with Gasteiger partial charge in [-0.3, -0.25) is 9.59 Å². The summed E-state index contributed by atoms with van der Waals surface area (Å²) in [7, 11) is 0. The Kier molecular flexibility index (Phi) is 4.55. The predicted molar refractivity (Wildman–Crippen MR) is 73.6 cm³/mol. The van der Waals surface area contributed by atoms with Crippen LogP contribution in [0, 0.1) is 0 Å². The minimum absolute atomic E-state index is 0.0255. The molecule has 4 heteroatoms. The summed E-state index contributed by atoms with van der Waals surface area (Å²) < 4.78 is 0. The van der Waals surface area contributed by atoms with Crippen molar-refractivity contribution in [3.05, 3.63) is 35.9 Å². The summed E-state index contributed by atoms with van der Waals surface area (Å²) in [4.78, 5) is 23.2. The topological polar surface area (TPSA) is 58.2 Å². The quantitative estimate of drug-likeness (QED) is 0.863. The van der Waals surface area contributed by atoms with Gasteiger partial charge in [0.1, 0.15) is 6.04 Å². The fraction of sp³-hybridized carbons (Fsp3) is 0.467. The third-order valence-electron chi connectivity index (χ3n) is 3.50. The van der Waals surface area contributed by atoms with Crippen LogP contribution < -0.4 is 10.6 Å². The average Bonchev–Trinajstić information content (AvgIpc) is 2.45. The number of carbonyl (C=O) groups is 2. The van der Waals surface area contributed by atoms with Crippen LogP contribution >= 0.6 is 0 Å². The number of benzene rings is 1. The maximum atomic E-state index is 12.0. The van der Waals surface area contributed by atoms with Crippen molar-refractivity contribution >= 4 is 11.8 Å². The molecule has 0 spiro atoms. The minimum atomic E-state index is -0.357. The Labute approximate surface area is 113 Å². The summed E-state index contributed by atoms with van der Waals surface area (Å²) in [5.41, 5.74) is 1.20. The van der Waals surface area contributed by atoms with Gasteiger partial charge in [0, 0.05) is 13.0 Å². The molecule has 0 aromatic heterocycles. The third-order valence-corrected chi connectivity index (χ3v) is 3.50. The molecule has 0 bridgehead atoms. The zero-order valence-electron chi connectivity index (χ0n) is 11.2. The van der Waals surface area contributed by atoms with Crippen molar-refractivity contribution in [1.82, 2.24) is 10.6 Å². The van der Waals surface area contributed by atoms with Gasteiger partial charge in [-0.15, -0.1) is 0 Å². The lowest BCUT2D eigenvalue weighted by molar-refractivity contribution is -0.131. The number of rotatable bonds is 4. The van der Waals surface area contributed by atoms with Crippen molar-refractivity contribution in [2.75, 3.05) is 6.54 Å². The van der Waals surface area contributed by atoms with E-state index in [0.29, 0.717) is 13.0 Å². The molecular weight excluding hydrogens is 240 g/mol. The fourth-order valence-corrected chi connectivity index (χ4v) is 2.28. The van der Waals surface area contributed by atoms with Crippen LogP contribution in [0.15, 0.2) is 30.3 Å². The van der Waals surface area contributed by atoms with E-state index in [9.17, 15) is 9.59 Å². The average molecular weight is 260 g/mol. The molecule has 1 aromatic carbocycles. The number of piperidine rings is 1. The molecule has 2 atom stereocenters. The molecule has 1 heterocycles. The van der Waals surface area contributed by atoms with Crippen LogP contribution in [0.2, 0.25) is 0 Å². The first-order valence-electron chi connectivity index (χ1n) is 6.79. The number of hydrogen-bond donors (Lipinski definition) is 2. The number of hydrogen-bond acceptors (Lipinski definition) is 2. The normalized spacial score (nSPS) is 20.5. The zero-order chi connectivity index (χ0) is 13.7. The van der Waals surface area contributed by atoms with E-state index in [1.807, 2.05) is 18.2 Å². The molecule has 0 aliphatic carbocycles. The van der Waals surface area contributed by atoms with Crippen molar-refractivity contribution in [3.8, 4) is 0 Å². The molecule has 2 rings (SSSR count). The van der Waals surface area contributed by atoms with Crippen LogP contribution in [0.1, 0.15) is 37.7 Å². The molecule has 1 fully saturated rings. The molecule has 1 aromatic rings. The predicted octanol–water partition coefficient (Wildman–Crippen LogP) is 1.57. The molecular formula is C15H20N2O2. The summed E-state index contributed by atoms with van der Waals surface area (Å²) in [5.74, 6) is 0.169. The largest absolute Gasteiger partial charge is 0.354 e. The van der Waals surface area contributed by atoms with Gasteiger partial charge in [0.15, 0.2) is 0 Å². The summed E-state index contributed by atoms with van der Waals surface area (Å²) in [6.45, 7) is 2.67. The van der Waals surface area contributed by atoms with Gasteiger partial charge in [-0.05, 0) is 24.3 Å². The van der Waals surface area contributed by atoms with Crippen molar-refractivity contribution < 1.29 is 9.59 Å². The van der Waals surface area contributed by atoms with Crippen LogP contribution in [-0.2, 0) is 9.59 Å². The molecule has 19 heavy (non-hydrogen) atoms. The number of nitrogens with one attached hydrogen (secondary N) is 2. The first kappa shape index (κ1) is 13.6. The molecule has 0 radical (unpaired) electrons. The van der Waals surface area contributed by atoms with Crippen LogP contribution in [0.5, 0.6) is 0 Å². The maximum absolute atomic E-state index is 12.0. The molecule has 0 saturated carbocycles. The Morgan fingerprint density at radius 1 is 1.42 bits per heavy atom. The highest BCUT2D eigenvalue weighted by Crippen LogP contribution is 2.13. The molecule has 1 aliphatic rings. The van der Waals surface area contributed by atoms with Crippen molar-refractivity contribution in [3.63, 3.8) is 0 Å². The first-order valence-corrected chi connectivity index (χ1v) is 6.79.